The first-order chi connectivity index (χ1) is 9.91. The number of hydrogen-bond acceptors (Lipinski definition) is 0. The maximum atomic E-state index is 3.76. The van der Waals surface area contributed by atoms with Crippen LogP contribution in [0, 0.1) is 0 Å². The van der Waals surface area contributed by atoms with Gasteiger partial charge in [0.2, 0.25) is 0 Å². The standard InChI is InChI=1S/C20H38/c1-3-5-7-9-11-13-15-17-19-20-18-16-14-12-10-8-6-4-2/h3,8,10H,1,4-7,9,11-20H2,2H3. The predicted molar refractivity (Wildman–Crippen MR) is 94.3 cm³/mol. The minimum atomic E-state index is 1.20. The Morgan fingerprint density at radius 1 is 0.550 bits per heavy atom. The molecule has 0 rings (SSSR count). The van der Waals surface area contributed by atoms with Crippen LogP contribution in [0.1, 0.15) is 103 Å². The van der Waals surface area contributed by atoms with E-state index in [1.165, 1.54) is 96.3 Å². The van der Waals surface area contributed by atoms with Crippen LogP contribution in [0.25, 0.3) is 0 Å². The quantitative estimate of drug-likeness (QED) is 0.201. The van der Waals surface area contributed by atoms with E-state index in [-0.39, 0.29) is 0 Å². The summed E-state index contributed by atoms with van der Waals surface area (Å²) in [5, 5.41) is 0. The van der Waals surface area contributed by atoms with Gasteiger partial charge in [0.25, 0.3) is 0 Å². The van der Waals surface area contributed by atoms with E-state index in [2.05, 4.69) is 25.7 Å². The van der Waals surface area contributed by atoms with Gasteiger partial charge in [-0.3, -0.25) is 0 Å². The van der Waals surface area contributed by atoms with Gasteiger partial charge in [0.15, 0.2) is 0 Å². The minimum Gasteiger partial charge on any atom is -0.103 e. The molecule has 0 heteroatoms. The fourth-order valence-corrected chi connectivity index (χ4v) is 2.54. The zero-order valence-corrected chi connectivity index (χ0v) is 14.0. The molecule has 0 N–H and O–H groups in total. The molecule has 0 aliphatic rings. The van der Waals surface area contributed by atoms with Gasteiger partial charge in [0.1, 0.15) is 0 Å². The van der Waals surface area contributed by atoms with Crippen molar-refractivity contribution in [3.63, 3.8) is 0 Å². The average Bonchev–Trinajstić information content (AvgIpc) is 2.47. The summed E-state index contributed by atoms with van der Waals surface area (Å²) in [4.78, 5) is 0. The summed E-state index contributed by atoms with van der Waals surface area (Å²) in [7, 11) is 0. The molecule has 0 aliphatic carbocycles. The van der Waals surface area contributed by atoms with Crippen LogP contribution >= 0.6 is 0 Å². The van der Waals surface area contributed by atoms with Crippen LogP contribution in [0.2, 0.25) is 0 Å². The lowest BCUT2D eigenvalue weighted by Gasteiger charge is -2.02. The van der Waals surface area contributed by atoms with E-state index in [9.17, 15) is 0 Å². The lowest BCUT2D eigenvalue weighted by Crippen LogP contribution is -1.82. The predicted octanol–water partition coefficient (Wildman–Crippen LogP) is 7.60. The molecular weight excluding hydrogens is 240 g/mol. The molecule has 0 fully saturated rings. The highest BCUT2D eigenvalue weighted by Gasteiger charge is 1.93. The van der Waals surface area contributed by atoms with Crippen molar-refractivity contribution in [2.75, 3.05) is 0 Å². The van der Waals surface area contributed by atoms with E-state index < -0.39 is 0 Å². The monoisotopic (exact) mass is 278 g/mol. The fraction of sp³-hybridized carbons (Fsp3) is 0.800. The van der Waals surface area contributed by atoms with Gasteiger partial charge >= 0.3 is 0 Å². The van der Waals surface area contributed by atoms with Crippen molar-refractivity contribution in [2.45, 2.75) is 103 Å². The molecule has 0 saturated heterocycles. The maximum absolute atomic E-state index is 3.76. The van der Waals surface area contributed by atoms with Crippen molar-refractivity contribution >= 4 is 0 Å². The summed E-state index contributed by atoms with van der Waals surface area (Å²) >= 11 is 0. The lowest BCUT2D eigenvalue weighted by atomic mass is 10.0. The molecule has 0 bridgehead atoms. The normalized spacial score (nSPS) is 11.2. The molecule has 0 aliphatic heterocycles. The zero-order valence-electron chi connectivity index (χ0n) is 14.0. The molecule has 0 unspecified atom stereocenters. The van der Waals surface area contributed by atoms with Crippen LogP contribution in [-0.2, 0) is 0 Å². The Morgan fingerprint density at radius 2 is 0.950 bits per heavy atom. The molecule has 0 amide bonds. The van der Waals surface area contributed by atoms with Gasteiger partial charge in [-0.15, -0.1) is 6.58 Å². The molecule has 0 heterocycles. The summed E-state index contributed by atoms with van der Waals surface area (Å²) in [5.74, 6) is 0. The Kier molecular flexibility index (Phi) is 18.0. The SMILES string of the molecule is C=CCCCCCCCCCCCCCC=CCCC. The fourth-order valence-electron chi connectivity index (χ4n) is 2.54. The topological polar surface area (TPSA) is 0 Å². The van der Waals surface area contributed by atoms with Crippen molar-refractivity contribution in [3.8, 4) is 0 Å². The summed E-state index contributed by atoms with van der Waals surface area (Å²) in [6, 6.07) is 0. The molecule has 0 atom stereocenters. The highest BCUT2D eigenvalue weighted by molar-refractivity contribution is 4.80. The second-order valence-electron chi connectivity index (χ2n) is 6.02. The van der Waals surface area contributed by atoms with E-state index >= 15 is 0 Å². The van der Waals surface area contributed by atoms with Crippen LogP contribution in [-0.4, -0.2) is 0 Å². The van der Waals surface area contributed by atoms with E-state index in [0.717, 1.165) is 0 Å². The number of hydrogen-bond donors (Lipinski definition) is 0. The summed E-state index contributed by atoms with van der Waals surface area (Å²) in [6.07, 6.45) is 27.5. The summed E-state index contributed by atoms with van der Waals surface area (Å²) in [6.45, 7) is 6.01. The lowest BCUT2D eigenvalue weighted by molar-refractivity contribution is 0.547. The number of allylic oxidation sites excluding steroid dienone is 3. The maximum Gasteiger partial charge on any atom is -0.0351 e. The third-order valence-electron chi connectivity index (χ3n) is 3.90. The first kappa shape index (κ1) is 19.5. The van der Waals surface area contributed by atoms with Crippen LogP contribution in [0.3, 0.4) is 0 Å². The molecule has 0 aromatic rings. The van der Waals surface area contributed by atoms with Gasteiger partial charge in [-0.1, -0.05) is 89.4 Å². The Labute approximate surface area is 128 Å². The third-order valence-corrected chi connectivity index (χ3v) is 3.90. The van der Waals surface area contributed by atoms with Crippen molar-refractivity contribution in [1.29, 1.82) is 0 Å². The largest absolute Gasteiger partial charge is 0.103 e. The number of unbranched alkanes of at least 4 members (excludes halogenated alkanes) is 13. The smallest absolute Gasteiger partial charge is 0.0351 e. The highest BCUT2D eigenvalue weighted by Crippen LogP contribution is 2.12. The average molecular weight is 279 g/mol. The second-order valence-corrected chi connectivity index (χ2v) is 6.02. The van der Waals surface area contributed by atoms with Crippen molar-refractivity contribution in [3.05, 3.63) is 24.8 Å². The van der Waals surface area contributed by atoms with Gasteiger partial charge < -0.3 is 0 Å². The summed E-state index contributed by atoms with van der Waals surface area (Å²) in [5.41, 5.74) is 0. The zero-order chi connectivity index (χ0) is 14.7. The Balaban J connectivity index is 2.97. The van der Waals surface area contributed by atoms with Gasteiger partial charge in [0, 0.05) is 0 Å². The Hall–Kier alpha value is -0.520. The highest BCUT2D eigenvalue weighted by atomic mass is 14.0. The van der Waals surface area contributed by atoms with E-state index in [4.69, 9.17) is 0 Å². The van der Waals surface area contributed by atoms with Crippen molar-refractivity contribution in [1.82, 2.24) is 0 Å². The molecule has 0 spiro atoms. The van der Waals surface area contributed by atoms with Gasteiger partial charge in [-0.25, -0.2) is 0 Å². The van der Waals surface area contributed by atoms with E-state index in [1.54, 1.807) is 0 Å². The molecule has 0 radical (unpaired) electrons. The summed E-state index contributed by atoms with van der Waals surface area (Å²) < 4.78 is 0. The Bertz CT molecular complexity index is 202. The van der Waals surface area contributed by atoms with Crippen molar-refractivity contribution < 1.29 is 0 Å². The second kappa shape index (κ2) is 18.5. The first-order valence-corrected chi connectivity index (χ1v) is 9.17. The van der Waals surface area contributed by atoms with Crippen LogP contribution in [0.4, 0.5) is 0 Å². The minimum absolute atomic E-state index is 1.20. The number of rotatable bonds is 16. The third kappa shape index (κ3) is 17.5. The molecule has 20 heavy (non-hydrogen) atoms. The van der Waals surface area contributed by atoms with Gasteiger partial charge in [-0.05, 0) is 32.1 Å². The van der Waals surface area contributed by atoms with Crippen molar-refractivity contribution in [2.24, 2.45) is 0 Å². The van der Waals surface area contributed by atoms with Gasteiger partial charge in [0.05, 0.1) is 0 Å². The molecule has 0 aromatic heterocycles. The molecule has 118 valence electrons. The van der Waals surface area contributed by atoms with Crippen LogP contribution in [0.15, 0.2) is 24.8 Å². The first-order valence-electron chi connectivity index (χ1n) is 9.17. The molecule has 0 aromatic carbocycles. The van der Waals surface area contributed by atoms with E-state index in [0.29, 0.717) is 0 Å². The molecular formula is C20H38. The van der Waals surface area contributed by atoms with Gasteiger partial charge in [-0.2, -0.15) is 0 Å². The van der Waals surface area contributed by atoms with Crippen LogP contribution < -0.4 is 0 Å². The van der Waals surface area contributed by atoms with Crippen LogP contribution in [0.5, 0.6) is 0 Å². The Morgan fingerprint density at radius 3 is 1.40 bits per heavy atom. The van der Waals surface area contributed by atoms with E-state index in [1.807, 2.05) is 6.08 Å². The molecule has 0 saturated carbocycles. The molecule has 0 nitrogen and oxygen atoms in total.